The zero-order valence-corrected chi connectivity index (χ0v) is 35.6. The highest BCUT2D eigenvalue weighted by atomic mass is 16.5. The molecule has 0 saturated heterocycles. The fourth-order valence-corrected chi connectivity index (χ4v) is 8.89. The number of benzene rings is 10. The van der Waals surface area contributed by atoms with E-state index in [2.05, 4.69) is 194 Å². The fourth-order valence-electron chi connectivity index (χ4n) is 8.89. The van der Waals surface area contributed by atoms with Crippen molar-refractivity contribution in [1.82, 2.24) is 0 Å². The Morgan fingerprint density at radius 3 is 0.935 bits per heavy atom. The molecular formula is C58H48N2O2. The molecule has 0 heterocycles. The van der Waals surface area contributed by atoms with Crippen molar-refractivity contribution in [2.24, 2.45) is 0 Å². The average molecular weight is 805 g/mol. The summed E-state index contributed by atoms with van der Waals surface area (Å²) in [5, 5.41) is 7.42. The van der Waals surface area contributed by atoms with E-state index in [1.807, 2.05) is 24.3 Å². The number of nitrogens with zero attached hydrogens (tertiary/aromatic N) is 2. The predicted octanol–water partition coefficient (Wildman–Crippen LogP) is 15.3. The molecule has 0 saturated carbocycles. The predicted molar refractivity (Wildman–Crippen MR) is 261 cm³/mol. The normalized spacial score (nSPS) is 11.4. The number of methoxy groups -OCH3 is 2. The molecule has 0 amide bonds. The average Bonchev–Trinajstić information content (AvgIpc) is 3.32. The summed E-state index contributed by atoms with van der Waals surface area (Å²) in [6, 6.07) is 70.9. The zero-order chi connectivity index (χ0) is 42.2. The molecule has 0 spiro atoms. The molecule has 0 unspecified atom stereocenters. The quantitative estimate of drug-likeness (QED) is 0.115. The van der Waals surface area contributed by atoms with E-state index < -0.39 is 0 Å². The Morgan fingerprint density at radius 1 is 0.323 bits per heavy atom. The van der Waals surface area contributed by atoms with Crippen LogP contribution in [0, 0.1) is 13.8 Å². The monoisotopic (exact) mass is 804 g/mol. The smallest absolute Gasteiger partial charge is 0.118 e. The highest BCUT2D eigenvalue weighted by molar-refractivity contribution is 6.28. The van der Waals surface area contributed by atoms with Gasteiger partial charge in [0.25, 0.3) is 0 Å². The van der Waals surface area contributed by atoms with Crippen LogP contribution in [-0.4, -0.2) is 14.2 Å². The molecule has 62 heavy (non-hydrogen) atoms. The molecule has 0 atom stereocenters. The van der Waals surface area contributed by atoms with Gasteiger partial charge in [0.15, 0.2) is 0 Å². The maximum absolute atomic E-state index is 5.39. The summed E-state index contributed by atoms with van der Waals surface area (Å²) in [6.07, 6.45) is 1.70. The summed E-state index contributed by atoms with van der Waals surface area (Å²) >= 11 is 0. The first kappa shape index (κ1) is 38.6. The SMILES string of the molecule is COc1ccc(Cc2ccc(N(c3ccc(C)cc3)c3ccc4ccc5c(N(c6ccc(C)cc6)c6ccc(Cc7ccc(OC)cc7)cc6)ccc6ccc3c4c65)cc2)cc1. The van der Waals surface area contributed by atoms with Crippen LogP contribution in [0.5, 0.6) is 11.5 Å². The molecule has 0 aliphatic heterocycles. The van der Waals surface area contributed by atoms with Crippen molar-refractivity contribution >= 4 is 66.4 Å². The van der Waals surface area contributed by atoms with E-state index in [9.17, 15) is 0 Å². The first-order chi connectivity index (χ1) is 30.4. The Labute approximate surface area is 364 Å². The minimum atomic E-state index is 0.851. The van der Waals surface area contributed by atoms with Crippen molar-refractivity contribution in [2.75, 3.05) is 24.0 Å². The maximum Gasteiger partial charge on any atom is 0.118 e. The summed E-state index contributed by atoms with van der Waals surface area (Å²) in [5.41, 5.74) is 14.3. The van der Waals surface area contributed by atoms with E-state index in [0.29, 0.717) is 0 Å². The highest BCUT2D eigenvalue weighted by Gasteiger charge is 2.22. The number of ether oxygens (including phenoxy) is 2. The van der Waals surface area contributed by atoms with Gasteiger partial charge in [0, 0.05) is 33.5 Å². The van der Waals surface area contributed by atoms with Crippen molar-refractivity contribution in [1.29, 1.82) is 0 Å². The Balaban J connectivity index is 1.08. The lowest BCUT2D eigenvalue weighted by Crippen LogP contribution is -2.11. The van der Waals surface area contributed by atoms with Gasteiger partial charge in [-0.2, -0.15) is 0 Å². The first-order valence-electron chi connectivity index (χ1n) is 21.3. The van der Waals surface area contributed by atoms with Gasteiger partial charge in [-0.1, -0.05) is 120 Å². The van der Waals surface area contributed by atoms with Crippen LogP contribution >= 0.6 is 0 Å². The largest absolute Gasteiger partial charge is 0.497 e. The molecule has 0 N–H and O–H groups in total. The Morgan fingerprint density at radius 2 is 0.613 bits per heavy atom. The second-order valence-corrected chi connectivity index (χ2v) is 16.3. The number of hydrogen-bond acceptors (Lipinski definition) is 4. The van der Waals surface area contributed by atoms with E-state index in [-0.39, 0.29) is 0 Å². The number of anilines is 6. The standard InChI is InChI=1S/C58H48N2O2/c1-39-5-21-47(22-6-39)59(49-25-9-41(10-26-49)37-43-13-29-51(61-3)30-14-43)55-35-19-45-18-34-54-56(36-20-46-17-33-53(55)57(45)58(46)54)60(48-23-7-40(2)8-24-48)50-27-11-42(12-28-50)38-44-15-31-52(62-4)32-16-44/h5-36H,37-38H2,1-4H3. The molecule has 0 aliphatic carbocycles. The van der Waals surface area contributed by atoms with Crippen molar-refractivity contribution < 1.29 is 9.47 Å². The van der Waals surface area contributed by atoms with Crippen LogP contribution in [0.1, 0.15) is 33.4 Å². The van der Waals surface area contributed by atoms with Gasteiger partial charge in [0.05, 0.1) is 25.6 Å². The molecule has 4 nitrogen and oxygen atoms in total. The van der Waals surface area contributed by atoms with Crippen LogP contribution in [0.25, 0.3) is 32.3 Å². The van der Waals surface area contributed by atoms with Crippen molar-refractivity contribution in [2.45, 2.75) is 26.7 Å². The minimum Gasteiger partial charge on any atom is -0.497 e. The third-order valence-electron chi connectivity index (χ3n) is 12.2. The molecule has 10 aromatic carbocycles. The van der Waals surface area contributed by atoms with Crippen LogP contribution in [0.2, 0.25) is 0 Å². The Hall–Kier alpha value is -7.56. The van der Waals surface area contributed by atoms with Gasteiger partial charge in [-0.25, -0.2) is 0 Å². The molecule has 302 valence electrons. The lowest BCUT2D eigenvalue weighted by Gasteiger charge is -2.29. The second kappa shape index (κ2) is 16.5. The van der Waals surface area contributed by atoms with Crippen LogP contribution in [-0.2, 0) is 12.8 Å². The van der Waals surface area contributed by atoms with E-state index in [0.717, 1.165) is 58.5 Å². The van der Waals surface area contributed by atoms with Gasteiger partial charge in [0.2, 0.25) is 0 Å². The van der Waals surface area contributed by atoms with Crippen molar-refractivity contribution in [3.8, 4) is 11.5 Å². The number of aryl methyl sites for hydroxylation is 2. The molecule has 0 bridgehead atoms. The minimum absolute atomic E-state index is 0.851. The first-order valence-corrected chi connectivity index (χ1v) is 21.3. The third kappa shape index (κ3) is 7.45. The van der Waals surface area contributed by atoms with E-state index in [1.54, 1.807) is 14.2 Å². The molecular weight excluding hydrogens is 757 g/mol. The summed E-state index contributed by atoms with van der Waals surface area (Å²) in [4.78, 5) is 4.82. The van der Waals surface area contributed by atoms with E-state index in [1.165, 1.54) is 65.7 Å². The number of rotatable bonds is 12. The lowest BCUT2D eigenvalue weighted by atomic mass is 9.91. The lowest BCUT2D eigenvalue weighted by molar-refractivity contribution is 0.414. The molecule has 10 aromatic rings. The van der Waals surface area contributed by atoms with E-state index >= 15 is 0 Å². The molecule has 10 rings (SSSR count). The Kier molecular flexibility index (Phi) is 10.3. The van der Waals surface area contributed by atoms with Gasteiger partial charge in [0.1, 0.15) is 11.5 Å². The van der Waals surface area contributed by atoms with Gasteiger partial charge >= 0.3 is 0 Å². The maximum atomic E-state index is 5.39. The van der Waals surface area contributed by atoms with E-state index in [4.69, 9.17) is 9.47 Å². The summed E-state index contributed by atoms with van der Waals surface area (Å²) < 4.78 is 10.8. The van der Waals surface area contributed by atoms with Crippen molar-refractivity contribution in [3.05, 3.63) is 228 Å². The van der Waals surface area contributed by atoms with Crippen LogP contribution < -0.4 is 19.3 Å². The van der Waals surface area contributed by atoms with Gasteiger partial charge < -0.3 is 19.3 Å². The molecule has 0 fully saturated rings. The molecule has 0 aliphatic rings. The fraction of sp³-hybridized carbons (Fsp3) is 0.103. The zero-order valence-electron chi connectivity index (χ0n) is 35.6. The van der Waals surface area contributed by atoms with Gasteiger partial charge in [-0.15, -0.1) is 0 Å². The topological polar surface area (TPSA) is 24.9 Å². The van der Waals surface area contributed by atoms with Gasteiger partial charge in [-0.05, 0) is 155 Å². The summed E-state index contributed by atoms with van der Waals surface area (Å²) in [5.74, 6) is 1.75. The molecule has 4 heteroatoms. The second-order valence-electron chi connectivity index (χ2n) is 16.3. The Bertz CT molecular complexity index is 2900. The van der Waals surface area contributed by atoms with Crippen LogP contribution in [0.4, 0.5) is 34.1 Å². The summed E-state index contributed by atoms with van der Waals surface area (Å²) in [6.45, 7) is 4.29. The van der Waals surface area contributed by atoms with Gasteiger partial charge in [-0.3, -0.25) is 0 Å². The summed E-state index contributed by atoms with van der Waals surface area (Å²) in [7, 11) is 3.41. The van der Waals surface area contributed by atoms with Crippen LogP contribution in [0.15, 0.2) is 194 Å². The highest BCUT2D eigenvalue weighted by Crippen LogP contribution is 2.47. The van der Waals surface area contributed by atoms with Crippen LogP contribution in [0.3, 0.4) is 0 Å². The number of hydrogen-bond donors (Lipinski definition) is 0. The third-order valence-corrected chi connectivity index (χ3v) is 12.2. The van der Waals surface area contributed by atoms with Crippen molar-refractivity contribution in [3.63, 3.8) is 0 Å². The molecule has 0 radical (unpaired) electrons. The molecule has 0 aromatic heterocycles.